The Balaban J connectivity index is 1.44. The van der Waals surface area contributed by atoms with Gasteiger partial charge in [0.15, 0.2) is 0 Å². The summed E-state index contributed by atoms with van der Waals surface area (Å²) >= 11 is 0. The molecule has 2 saturated carbocycles. The van der Waals surface area contributed by atoms with E-state index >= 15 is 0 Å². The molecule has 142 valence electrons. The van der Waals surface area contributed by atoms with Gasteiger partial charge in [0.25, 0.3) is 0 Å². The lowest BCUT2D eigenvalue weighted by atomic mass is 9.69. The predicted octanol–water partition coefficient (Wildman–Crippen LogP) is 7.40. The zero-order chi connectivity index (χ0) is 18.2. The lowest BCUT2D eigenvalue weighted by Crippen LogP contribution is -2.25. The first-order valence-corrected chi connectivity index (χ1v) is 11.4. The second-order valence-electron chi connectivity index (χ2n) is 8.87. The second kappa shape index (κ2) is 10.2. The molecule has 2 fully saturated rings. The van der Waals surface area contributed by atoms with Crippen molar-refractivity contribution < 1.29 is 0 Å². The maximum absolute atomic E-state index is 3.59. The van der Waals surface area contributed by atoms with Crippen LogP contribution in [0.25, 0.3) is 0 Å². The lowest BCUT2D eigenvalue weighted by molar-refractivity contribution is 0.156. The Labute approximate surface area is 162 Å². The zero-order valence-electron chi connectivity index (χ0n) is 17.1. The maximum atomic E-state index is 3.59. The molecule has 0 radical (unpaired) electrons. The average molecular weight is 351 g/mol. The van der Waals surface area contributed by atoms with E-state index in [0.717, 1.165) is 17.8 Å². The summed E-state index contributed by atoms with van der Waals surface area (Å²) in [6.07, 6.45) is 16.7. The molecule has 0 nitrogen and oxygen atoms in total. The van der Waals surface area contributed by atoms with Crippen LogP contribution in [0.4, 0.5) is 0 Å². The predicted molar refractivity (Wildman–Crippen MR) is 113 cm³/mol. The molecule has 0 unspecified atom stereocenters. The molecule has 0 saturated heterocycles. The second-order valence-corrected chi connectivity index (χ2v) is 8.87. The third kappa shape index (κ3) is 5.64. The van der Waals surface area contributed by atoms with E-state index in [1.165, 1.54) is 88.2 Å². The van der Waals surface area contributed by atoms with Crippen molar-refractivity contribution in [3.63, 3.8) is 0 Å². The van der Waals surface area contributed by atoms with Gasteiger partial charge in [0.05, 0.1) is 0 Å². The molecular formula is C26H38. The molecule has 0 bridgehead atoms. The Morgan fingerprint density at radius 2 is 1.42 bits per heavy atom. The highest BCUT2D eigenvalue weighted by Gasteiger charge is 2.29. The van der Waals surface area contributed by atoms with Gasteiger partial charge in [0, 0.05) is 11.5 Å². The highest BCUT2D eigenvalue weighted by Crippen LogP contribution is 2.41. The zero-order valence-corrected chi connectivity index (χ0v) is 17.1. The Morgan fingerprint density at radius 1 is 0.808 bits per heavy atom. The fraction of sp³-hybridized carbons (Fsp3) is 0.692. The minimum atomic E-state index is 0.637. The molecule has 26 heavy (non-hydrogen) atoms. The van der Waals surface area contributed by atoms with Crippen LogP contribution in [0.2, 0.25) is 0 Å². The molecule has 0 heterocycles. The first-order chi connectivity index (χ1) is 12.8. The summed E-state index contributed by atoms with van der Waals surface area (Å²) in [5.74, 6) is 10.7. The molecule has 0 heteroatoms. The van der Waals surface area contributed by atoms with Gasteiger partial charge in [-0.25, -0.2) is 0 Å². The number of hydrogen-bond donors (Lipinski definition) is 0. The number of aryl methyl sites for hydroxylation is 1. The summed E-state index contributed by atoms with van der Waals surface area (Å²) in [6.45, 7) is 4.62. The van der Waals surface area contributed by atoms with Crippen molar-refractivity contribution in [2.24, 2.45) is 23.7 Å². The molecule has 0 amide bonds. The van der Waals surface area contributed by atoms with Gasteiger partial charge in [-0.2, -0.15) is 0 Å². The monoisotopic (exact) mass is 350 g/mol. The summed E-state index contributed by atoms with van der Waals surface area (Å²) in [4.78, 5) is 0. The summed E-state index contributed by atoms with van der Waals surface area (Å²) in [5, 5.41) is 0. The fourth-order valence-electron chi connectivity index (χ4n) is 5.12. The van der Waals surface area contributed by atoms with Crippen LogP contribution in [-0.4, -0.2) is 0 Å². The summed E-state index contributed by atoms with van der Waals surface area (Å²) < 4.78 is 0. The highest BCUT2D eigenvalue weighted by molar-refractivity contribution is 5.36. The molecule has 2 aliphatic carbocycles. The Morgan fingerprint density at radius 3 is 2.00 bits per heavy atom. The first kappa shape index (κ1) is 19.5. The van der Waals surface area contributed by atoms with Gasteiger partial charge < -0.3 is 0 Å². The first-order valence-electron chi connectivity index (χ1n) is 11.4. The van der Waals surface area contributed by atoms with E-state index in [2.05, 4.69) is 50.0 Å². The lowest BCUT2D eigenvalue weighted by Gasteiger charge is -2.36. The topological polar surface area (TPSA) is 0 Å². The molecule has 0 aliphatic heterocycles. The average Bonchev–Trinajstić information content (AvgIpc) is 2.72. The van der Waals surface area contributed by atoms with Crippen LogP contribution in [-0.2, 0) is 6.42 Å². The molecule has 1 aromatic rings. The molecular weight excluding hydrogens is 312 g/mol. The van der Waals surface area contributed by atoms with Crippen molar-refractivity contribution in [2.45, 2.75) is 90.9 Å². The molecule has 0 aromatic heterocycles. The van der Waals surface area contributed by atoms with Crippen LogP contribution in [0.1, 0.15) is 95.6 Å². The van der Waals surface area contributed by atoms with Gasteiger partial charge in [-0.3, -0.25) is 0 Å². The number of hydrogen-bond acceptors (Lipinski definition) is 0. The quantitative estimate of drug-likeness (QED) is 0.485. The van der Waals surface area contributed by atoms with Crippen LogP contribution in [0.15, 0.2) is 24.3 Å². The van der Waals surface area contributed by atoms with Crippen LogP contribution in [0, 0.1) is 35.5 Å². The molecule has 2 aliphatic rings. The SMILES string of the molecule is CCCCc1ccc(C#C[C@H]2CC[C@H]([C@H]3CC[C@H](CC)CC3)CC2)cc1. The largest absolute Gasteiger partial charge is 0.0945 e. The Hall–Kier alpha value is -1.22. The van der Waals surface area contributed by atoms with Crippen molar-refractivity contribution >= 4 is 0 Å². The van der Waals surface area contributed by atoms with Crippen molar-refractivity contribution in [3.8, 4) is 11.8 Å². The van der Waals surface area contributed by atoms with E-state index in [0.29, 0.717) is 5.92 Å². The number of rotatable bonds is 5. The highest BCUT2D eigenvalue weighted by atomic mass is 14.3. The Kier molecular flexibility index (Phi) is 7.67. The maximum Gasteiger partial charge on any atom is 0.0245 e. The van der Waals surface area contributed by atoms with Crippen molar-refractivity contribution in [1.82, 2.24) is 0 Å². The van der Waals surface area contributed by atoms with E-state index < -0.39 is 0 Å². The third-order valence-corrected chi connectivity index (χ3v) is 7.10. The summed E-state index contributed by atoms with van der Waals surface area (Å²) in [7, 11) is 0. The van der Waals surface area contributed by atoms with Gasteiger partial charge in [-0.1, -0.05) is 63.5 Å². The normalized spacial score (nSPS) is 29.0. The molecule has 0 spiro atoms. The molecule has 3 rings (SSSR count). The standard InChI is InChI=1S/C26H38/c1-3-5-6-22-7-9-23(10-8-22)11-12-24-15-19-26(20-16-24)25-17-13-21(4-2)14-18-25/h7-10,21,24-26H,3-6,13-20H2,1-2H3/t21-,24-,25-,26-. The third-order valence-electron chi connectivity index (χ3n) is 7.10. The smallest absolute Gasteiger partial charge is 0.0245 e. The minimum absolute atomic E-state index is 0.637. The van der Waals surface area contributed by atoms with E-state index in [9.17, 15) is 0 Å². The van der Waals surface area contributed by atoms with Crippen molar-refractivity contribution in [2.75, 3.05) is 0 Å². The fourth-order valence-corrected chi connectivity index (χ4v) is 5.12. The Bertz CT molecular complexity index is 569. The van der Waals surface area contributed by atoms with Crippen LogP contribution < -0.4 is 0 Å². The molecule has 1 aromatic carbocycles. The van der Waals surface area contributed by atoms with Crippen LogP contribution >= 0.6 is 0 Å². The minimum Gasteiger partial charge on any atom is -0.0945 e. The van der Waals surface area contributed by atoms with Gasteiger partial charge in [-0.15, -0.1) is 0 Å². The molecule has 0 N–H and O–H groups in total. The summed E-state index contributed by atoms with van der Waals surface area (Å²) in [5.41, 5.74) is 2.65. The summed E-state index contributed by atoms with van der Waals surface area (Å²) in [6, 6.07) is 8.97. The van der Waals surface area contributed by atoms with Crippen LogP contribution in [0.5, 0.6) is 0 Å². The number of unbranched alkanes of at least 4 members (excludes halogenated alkanes) is 1. The van der Waals surface area contributed by atoms with Gasteiger partial charge in [0.1, 0.15) is 0 Å². The van der Waals surface area contributed by atoms with Gasteiger partial charge in [-0.05, 0) is 86.8 Å². The van der Waals surface area contributed by atoms with E-state index in [4.69, 9.17) is 0 Å². The molecule has 0 atom stereocenters. The van der Waals surface area contributed by atoms with E-state index in [1.807, 2.05) is 0 Å². The van der Waals surface area contributed by atoms with E-state index in [1.54, 1.807) is 0 Å². The van der Waals surface area contributed by atoms with Crippen molar-refractivity contribution in [1.29, 1.82) is 0 Å². The van der Waals surface area contributed by atoms with Crippen molar-refractivity contribution in [3.05, 3.63) is 35.4 Å². The number of benzene rings is 1. The van der Waals surface area contributed by atoms with Crippen LogP contribution in [0.3, 0.4) is 0 Å². The van der Waals surface area contributed by atoms with Gasteiger partial charge >= 0.3 is 0 Å². The van der Waals surface area contributed by atoms with E-state index in [-0.39, 0.29) is 0 Å². The van der Waals surface area contributed by atoms with Gasteiger partial charge in [0.2, 0.25) is 0 Å².